The van der Waals surface area contributed by atoms with Gasteiger partial charge in [0.05, 0.1) is 13.7 Å². The predicted molar refractivity (Wildman–Crippen MR) is 52.8 cm³/mol. The minimum Gasteiger partial charge on any atom is -0.350 e. The number of fused-ring (bicyclic) bond motifs is 1. The van der Waals surface area contributed by atoms with Crippen molar-refractivity contribution in [3.05, 3.63) is 0 Å². The highest BCUT2D eigenvalue weighted by atomic mass is 16.8. The summed E-state index contributed by atoms with van der Waals surface area (Å²) in [6, 6.07) is 0. The molecule has 4 atom stereocenters. The van der Waals surface area contributed by atoms with Gasteiger partial charge in [0.25, 0.3) is 0 Å². The maximum absolute atomic E-state index is 5.74. The van der Waals surface area contributed by atoms with Gasteiger partial charge in [0.15, 0.2) is 12.0 Å². The van der Waals surface area contributed by atoms with Gasteiger partial charge in [-0.2, -0.15) is 5.48 Å². The predicted octanol–water partition coefficient (Wildman–Crippen LogP) is -0.727. The molecule has 0 radical (unpaired) electrons. The van der Waals surface area contributed by atoms with Crippen LogP contribution in [0.1, 0.15) is 13.8 Å². The van der Waals surface area contributed by atoms with Crippen molar-refractivity contribution < 1.29 is 23.9 Å². The number of rotatable bonds is 4. The first-order valence-electron chi connectivity index (χ1n) is 5.18. The van der Waals surface area contributed by atoms with Crippen molar-refractivity contribution in [3.63, 3.8) is 0 Å². The molecule has 0 bridgehead atoms. The molecule has 0 aliphatic carbocycles. The first kappa shape index (κ1) is 12.2. The van der Waals surface area contributed by atoms with Crippen LogP contribution in [-0.4, -0.2) is 44.0 Å². The number of hydroxylamine groups is 1. The van der Waals surface area contributed by atoms with Crippen molar-refractivity contribution in [2.24, 2.45) is 5.90 Å². The summed E-state index contributed by atoms with van der Waals surface area (Å²) in [6.45, 7) is 3.97. The lowest BCUT2D eigenvalue weighted by Crippen LogP contribution is -2.40. The van der Waals surface area contributed by atoms with Crippen LogP contribution in [0.25, 0.3) is 0 Å². The van der Waals surface area contributed by atoms with E-state index in [9.17, 15) is 0 Å². The van der Waals surface area contributed by atoms with Crippen LogP contribution in [0.2, 0.25) is 0 Å². The molecule has 7 nitrogen and oxygen atoms in total. The van der Waals surface area contributed by atoms with Gasteiger partial charge >= 0.3 is 0 Å². The molecule has 0 aromatic rings. The molecule has 0 spiro atoms. The van der Waals surface area contributed by atoms with E-state index in [0.717, 1.165) is 0 Å². The van der Waals surface area contributed by atoms with Gasteiger partial charge < -0.3 is 23.9 Å². The summed E-state index contributed by atoms with van der Waals surface area (Å²) in [5.41, 5.74) is 2.72. The number of nitrogens with two attached hydrogens (primary N) is 1. The first-order valence-corrected chi connectivity index (χ1v) is 5.18. The second-order valence-corrected chi connectivity index (χ2v) is 4.32. The van der Waals surface area contributed by atoms with Gasteiger partial charge in [-0.3, -0.25) is 0 Å². The number of nitrogens with one attached hydrogen (secondary N) is 1. The maximum Gasteiger partial charge on any atom is 0.164 e. The van der Waals surface area contributed by atoms with Crippen molar-refractivity contribution in [1.82, 2.24) is 5.48 Å². The highest BCUT2D eigenvalue weighted by Crippen LogP contribution is 2.37. The monoisotopic (exact) mass is 234 g/mol. The molecule has 94 valence electrons. The van der Waals surface area contributed by atoms with E-state index in [-0.39, 0.29) is 31.1 Å². The van der Waals surface area contributed by atoms with Gasteiger partial charge in [-0.25, -0.2) is 5.90 Å². The molecule has 2 rings (SSSR count). The van der Waals surface area contributed by atoms with E-state index in [0.29, 0.717) is 0 Å². The quantitative estimate of drug-likeness (QED) is 0.620. The zero-order chi connectivity index (χ0) is 11.8. The van der Waals surface area contributed by atoms with Gasteiger partial charge in [0.2, 0.25) is 0 Å². The van der Waals surface area contributed by atoms with Gasteiger partial charge in [-0.1, -0.05) is 0 Å². The smallest absolute Gasteiger partial charge is 0.164 e. The van der Waals surface area contributed by atoms with E-state index in [2.05, 4.69) is 10.3 Å². The Labute approximate surface area is 94.0 Å². The van der Waals surface area contributed by atoms with Crippen molar-refractivity contribution in [1.29, 1.82) is 0 Å². The molecule has 0 aromatic heterocycles. The first-order chi connectivity index (χ1) is 7.57. The van der Waals surface area contributed by atoms with Crippen molar-refractivity contribution >= 4 is 0 Å². The van der Waals surface area contributed by atoms with E-state index in [4.69, 9.17) is 24.9 Å². The van der Waals surface area contributed by atoms with Gasteiger partial charge in [0.1, 0.15) is 18.3 Å². The van der Waals surface area contributed by atoms with Crippen LogP contribution in [-0.2, 0) is 23.9 Å². The number of hydrogen-bond acceptors (Lipinski definition) is 7. The van der Waals surface area contributed by atoms with E-state index < -0.39 is 5.79 Å². The fourth-order valence-corrected chi connectivity index (χ4v) is 2.12. The summed E-state index contributed by atoms with van der Waals surface area (Å²) >= 11 is 0. The van der Waals surface area contributed by atoms with E-state index in [1.807, 2.05) is 13.8 Å². The van der Waals surface area contributed by atoms with Crippen LogP contribution in [0.15, 0.2) is 0 Å². The SMILES string of the molecule is CONC1O[C@H](CON)[C@H]2OC(C)(C)O[C@@H]12. The summed E-state index contributed by atoms with van der Waals surface area (Å²) in [6.07, 6.45) is -1.07. The molecule has 2 fully saturated rings. The third-order valence-electron chi connectivity index (χ3n) is 2.64. The third-order valence-corrected chi connectivity index (χ3v) is 2.64. The molecule has 0 aromatic carbocycles. The molecular weight excluding hydrogens is 216 g/mol. The van der Waals surface area contributed by atoms with Crippen LogP contribution in [0.5, 0.6) is 0 Å². The molecule has 7 heteroatoms. The summed E-state index contributed by atoms with van der Waals surface area (Å²) in [4.78, 5) is 9.45. The fourth-order valence-electron chi connectivity index (χ4n) is 2.12. The molecule has 0 amide bonds. The Kier molecular flexibility index (Phi) is 3.45. The summed E-state index contributed by atoms with van der Waals surface area (Å²) in [7, 11) is 1.52. The van der Waals surface area contributed by atoms with E-state index in [1.165, 1.54) is 7.11 Å². The Morgan fingerprint density at radius 2 is 2.00 bits per heavy atom. The van der Waals surface area contributed by atoms with Gasteiger partial charge in [-0.15, -0.1) is 0 Å². The highest BCUT2D eigenvalue weighted by molar-refractivity contribution is 4.96. The Morgan fingerprint density at radius 3 is 2.62 bits per heavy atom. The molecule has 1 unspecified atom stereocenters. The summed E-state index contributed by atoms with van der Waals surface area (Å²) in [5, 5.41) is 0. The molecule has 2 aliphatic rings. The maximum atomic E-state index is 5.74. The van der Waals surface area contributed by atoms with Crippen LogP contribution in [0.4, 0.5) is 0 Å². The van der Waals surface area contributed by atoms with Gasteiger partial charge in [0, 0.05) is 0 Å². The summed E-state index contributed by atoms with van der Waals surface area (Å²) in [5.74, 6) is 4.42. The lowest BCUT2D eigenvalue weighted by Gasteiger charge is -2.23. The van der Waals surface area contributed by atoms with Gasteiger partial charge in [-0.05, 0) is 13.8 Å². The zero-order valence-electron chi connectivity index (χ0n) is 9.64. The second kappa shape index (κ2) is 4.53. The molecule has 2 aliphatic heterocycles. The van der Waals surface area contributed by atoms with Crippen LogP contribution >= 0.6 is 0 Å². The molecule has 2 heterocycles. The highest BCUT2D eigenvalue weighted by Gasteiger charge is 2.55. The topological polar surface area (TPSA) is 84.2 Å². The number of ether oxygens (including phenoxy) is 3. The van der Waals surface area contributed by atoms with Crippen LogP contribution in [0.3, 0.4) is 0 Å². The second-order valence-electron chi connectivity index (χ2n) is 4.32. The van der Waals surface area contributed by atoms with Crippen molar-refractivity contribution in [2.75, 3.05) is 13.7 Å². The van der Waals surface area contributed by atoms with Crippen molar-refractivity contribution in [2.45, 2.75) is 44.2 Å². The Bertz CT molecular complexity index is 228. The standard InChI is InChI=1S/C9H18N2O5/c1-9(2)15-6-5(4-13-10)14-8(11-12-3)7(6)16-9/h5-8,11H,4,10H2,1-3H3/t5-,6-,7-,8?/m1/s1. The zero-order valence-corrected chi connectivity index (χ0v) is 9.64. The minimum atomic E-state index is -0.625. The largest absolute Gasteiger partial charge is 0.350 e. The lowest BCUT2D eigenvalue weighted by molar-refractivity contribution is -0.208. The molecule has 16 heavy (non-hydrogen) atoms. The van der Waals surface area contributed by atoms with E-state index >= 15 is 0 Å². The van der Waals surface area contributed by atoms with Crippen LogP contribution < -0.4 is 11.4 Å². The molecule has 3 N–H and O–H groups in total. The van der Waals surface area contributed by atoms with Crippen molar-refractivity contribution in [3.8, 4) is 0 Å². The molecular formula is C9H18N2O5. The fraction of sp³-hybridized carbons (Fsp3) is 1.00. The Balaban J connectivity index is 2.06. The van der Waals surface area contributed by atoms with E-state index in [1.54, 1.807) is 0 Å². The molecule has 0 saturated carbocycles. The van der Waals surface area contributed by atoms with Crippen LogP contribution in [0, 0.1) is 0 Å². The lowest BCUT2D eigenvalue weighted by atomic mass is 10.1. The Morgan fingerprint density at radius 1 is 1.31 bits per heavy atom. The number of hydrogen-bond donors (Lipinski definition) is 2. The average Bonchev–Trinajstić information content (AvgIpc) is 2.65. The normalized spacial score (nSPS) is 41.2. The Hall–Kier alpha value is -0.280. The average molecular weight is 234 g/mol. The molecule has 2 saturated heterocycles. The third kappa shape index (κ3) is 2.21. The summed E-state index contributed by atoms with van der Waals surface area (Å²) < 4.78 is 17.1. The minimum absolute atomic E-state index is 0.203.